The zero-order chi connectivity index (χ0) is 21.7. The molecule has 1 saturated heterocycles. The van der Waals surface area contributed by atoms with Crippen LogP contribution in [0.15, 0.2) is 18.3 Å². The van der Waals surface area contributed by atoms with E-state index in [4.69, 9.17) is 21.3 Å². The van der Waals surface area contributed by atoms with Gasteiger partial charge in [-0.15, -0.1) is 0 Å². The summed E-state index contributed by atoms with van der Waals surface area (Å²) < 4.78 is 51.0. The molecular formula is C19H24ClF3N4O3. The Morgan fingerprint density at radius 1 is 1.37 bits per heavy atom. The molecule has 0 saturated carbocycles. The van der Waals surface area contributed by atoms with Crippen LogP contribution in [0.3, 0.4) is 0 Å². The van der Waals surface area contributed by atoms with Crippen molar-refractivity contribution in [3.05, 3.63) is 23.9 Å². The summed E-state index contributed by atoms with van der Waals surface area (Å²) in [5.41, 5.74) is 0.398. The fourth-order valence-electron chi connectivity index (χ4n) is 3.42. The number of benzene rings is 1. The van der Waals surface area contributed by atoms with Crippen molar-refractivity contribution < 1.29 is 27.4 Å². The molecular weight excluding hydrogens is 425 g/mol. The van der Waals surface area contributed by atoms with Gasteiger partial charge in [0.15, 0.2) is 6.61 Å². The second-order valence-electron chi connectivity index (χ2n) is 7.21. The van der Waals surface area contributed by atoms with Gasteiger partial charge in [0.1, 0.15) is 5.75 Å². The highest BCUT2D eigenvalue weighted by atomic mass is 35.5. The number of halogens is 4. The second kappa shape index (κ2) is 9.84. The lowest BCUT2D eigenvalue weighted by Crippen LogP contribution is -2.29. The number of ether oxygens (including phenoxy) is 2. The Balaban J connectivity index is 1.92. The number of hydrogen-bond acceptors (Lipinski definition) is 5. The van der Waals surface area contributed by atoms with E-state index in [9.17, 15) is 18.0 Å². The zero-order valence-electron chi connectivity index (χ0n) is 16.5. The number of nitrogens with zero attached hydrogens (tertiary/aromatic N) is 3. The van der Waals surface area contributed by atoms with Crippen LogP contribution in [-0.4, -0.2) is 66.2 Å². The molecule has 1 fully saturated rings. The van der Waals surface area contributed by atoms with E-state index in [1.165, 1.54) is 13.2 Å². The van der Waals surface area contributed by atoms with Crippen LogP contribution in [0.4, 0.5) is 13.2 Å². The van der Waals surface area contributed by atoms with Gasteiger partial charge in [0.2, 0.25) is 0 Å². The SMILES string of the molecule is COCCN(Cl)C(=O)c1ccc2nn(CC3CCNCC3)cc2c1OCC(F)(F)F. The Morgan fingerprint density at radius 2 is 2.10 bits per heavy atom. The van der Waals surface area contributed by atoms with Crippen LogP contribution in [0.5, 0.6) is 5.75 Å². The summed E-state index contributed by atoms with van der Waals surface area (Å²) in [6, 6.07) is 2.98. The van der Waals surface area contributed by atoms with Gasteiger partial charge < -0.3 is 14.8 Å². The van der Waals surface area contributed by atoms with Gasteiger partial charge in [0, 0.05) is 31.6 Å². The van der Waals surface area contributed by atoms with E-state index in [0.29, 0.717) is 23.4 Å². The molecule has 11 heteroatoms. The molecule has 0 radical (unpaired) electrons. The van der Waals surface area contributed by atoms with Gasteiger partial charge in [-0.3, -0.25) is 9.48 Å². The summed E-state index contributed by atoms with van der Waals surface area (Å²) in [5.74, 6) is -0.415. The van der Waals surface area contributed by atoms with Gasteiger partial charge in [-0.05, 0) is 44.0 Å². The van der Waals surface area contributed by atoms with E-state index >= 15 is 0 Å². The number of aromatic nitrogens is 2. The van der Waals surface area contributed by atoms with Crippen LogP contribution in [0.25, 0.3) is 10.9 Å². The van der Waals surface area contributed by atoms with E-state index in [1.54, 1.807) is 16.9 Å². The molecule has 1 N–H and O–H groups in total. The minimum atomic E-state index is -4.55. The molecule has 1 aromatic heterocycles. The molecule has 0 bridgehead atoms. The van der Waals surface area contributed by atoms with Crippen molar-refractivity contribution in [1.82, 2.24) is 19.5 Å². The molecule has 2 aromatic rings. The molecule has 0 aliphatic carbocycles. The Hall–Kier alpha value is -2.04. The number of hydrogen-bond donors (Lipinski definition) is 1. The van der Waals surface area contributed by atoms with Gasteiger partial charge in [-0.25, -0.2) is 4.42 Å². The Labute approximate surface area is 177 Å². The molecule has 1 aromatic carbocycles. The molecule has 3 rings (SSSR count). The standard InChI is InChI=1S/C19H24ClF3N4O3/c1-29-9-8-27(20)18(28)14-2-3-16-15(17(14)30-12-19(21,22)23)11-26(25-16)10-13-4-6-24-7-5-13/h2-3,11,13,24H,4-10,12H2,1H3. The topological polar surface area (TPSA) is 68.6 Å². The summed E-state index contributed by atoms with van der Waals surface area (Å²) in [4.78, 5) is 12.7. The third-order valence-corrected chi connectivity index (χ3v) is 5.24. The molecule has 0 unspecified atom stereocenters. The molecule has 1 amide bonds. The van der Waals surface area contributed by atoms with E-state index in [0.717, 1.165) is 30.4 Å². The Bertz CT molecular complexity index is 869. The molecule has 0 spiro atoms. The second-order valence-corrected chi connectivity index (χ2v) is 7.62. The van der Waals surface area contributed by atoms with Crippen LogP contribution in [0.1, 0.15) is 23.2 Å². The van der Waals surface area contributed by atoms with E-state index in [1.807, 2.05) is 0 Å². The smallest absolute Gasteiger partial charge is 0.422 e. The van der Waals surface area contributed by atoms with Crippen LogP contribution >= 0.6 is 11.8 Å². The minimum absolute atomic E-state index is 0.0562. The number of fused-ring (bicyclic) bond motifs is 1. The lowest BCUT2D eigenvalue weighted by atomic mass is 9.98. The van der Waals surface area contributed by atoms with E-state index in [2.05, 4.69) is 10.4 Å². The van der Waals surface area contributed by atoms with E-state index < -0.39 is 18.7 Å². The molecule has 30 heavy (non-hydrogen) atoms. The molecule has 2 heterocycles. The predicted octanol–water partition coefficient (Wildman–Crippen LogP) is 3.22. The third kappa shape index (κ3) is 5.77. The van der Waals surface area contributed by atoms with Gasteiger partial charge in [0.05, 0.1) is 29.6 Å². The van der Waals surface area contributed by atoms with Crippen molar-refractivity contribution in [3.63, 3.8) is 0 Å². The molecule has 166 valence electrons. The maximum atomic E-state index is 12.8. The highest BCUT2D eigenvalue weighted by Gasteiger charge is 2.31. The average Bonchev–Trinajstić information content (AvgIpc) is 3.12. The lowest BCUT2D eigenvalue weighted by molar-refractivity contribution is -0.153. The maximum Gasteiger partial charge on any atom is 0.422 e. The first-order valence-corrected chi connectivity index (χ1v) is 9.99. The number of alkyl halides is 3. The number of nitrogens with one attached hydrogen (secondary N) is 1. The fraction of sp³-hybridized carbons (Fsp3) is 0.579. The predicted molar refractivity (Wildman–Crippen MR) is 106 cm³/mol. The molecule has 1 aliphatic rings. The van der Waals surface area contributed by atoms with Crippen LogP contribution in [0.2, 0.25) is 0 Å². The molecule has 7 nitrogen and oxygen atoms in total. The Kier molecular flexibility index (Phi) is 7.43. The van der Waals surface area contributed by atoms with E-state index in [-0.39, 0.29) is 24.5 Å². The van der Waals surface area contributed by atoms with Gasteiger partial charge in [0.25, 0.3) is 5.91 Å². The molecule has 1 aliphatic heterocycles. The third-order valence-electron chi connectivity index (χ3n) is 4.91. The highest BCUT2D eigenvalue weighted by Crippen LogP contribution is 2.32. The summed E-state index contributed by atoms with van der Waals surface area (Å²) in [7, 11) is 1.45. The zero-order valence-corrected chi connectivity index (χ0v) is 17.3. The van der Waals surface area contributed by atoms with Crippen molar-refractivity contribution in [2.45, 2.75) is 25.6 Å². The number of carbonyl (C=O) groups is 1. The number of amides is 1. The summed E-state index contributed by atoms with van der Waals surface area (Å²) in [5, 5.41) is 8.10. The Morgan fingerprint density at radius 3 is 2.77 bits per heavy atom. The number of piperidine rings is 1. The summed E-state index contributed by atoms with van der Waals surface area (Å²) in [6.45, 7) is 1.24. The fourth-order valence-corrected chi connectivity index (χ4v) is 3.58. The van der Waals surface area contributed by atoms with Gasteiger partial charge >= 0.3 is 6.18 Å². The van der Waals surface area contributed by atoms with Crippen molar-refractivity contribution in [1.29, 1.82) is 0 Å². The summed E-state index contributed by atoms with van der Waals surface area (Å²) in [6.07, 6.45) is -0.923. The molecule has 0 atom stereocenters. The van der Waals surface area contributed by atoms with Crippen LogP contribution < -0.4 is 10.1 Å². The largest absolute Gasteiger partial charge is 0.483 e. The minimum Gasteiger partial charge on any atom is -0.483 e. The highest BCUT2D eigenvalue weighted by molar-refractivity contribution is 6.25. The van der Waals surface area contributed by atoms with Gasteiger partial charge in [-0.1, -0.05) is 0 Å². The normalized spacial score (nSPS) is 15.5. The first kappa shape index (κ1) is 22.6. The van der Waals surface area contributed by atoms with Crippen LogP contribution in [0, 0.1) is 5.92 Å². The maximum absolute atomic E-state index is 12.8. The van der Waals surface area contributed by atoms with Crippen molar-refractivity contribution in [2.75, 3.05) is 40.0 Å². The van der Waals surface area contributed by atoms with Crippen molar-refractivity contribution in [2.24, 2.45) is 5.92 Å². The summed E-state index contributed by atoms with van der Waals surface area (Å²) >= 11 is 5.99. The average molecular weight is 449 g/mol. The quantitative estimate of drug-likeness (QED) is 0.628. The lowest BCUT2D eigenvalue weighted by Gasteiger charge is -2.22. The number of rotatable bonds is 8. The van der Waals surface area contributed by atoms with Crippen molar-refractivity contribution >= 4 is 28.6 Å². The number of methoxy groups -OCH3 is 1. The first-order chi connectivity index (χ1) is 14.3. The monoisotopic (exact) mass is 448 g/mol. The van der Waals surface area contributed by atoms with Crippen LogP contribution in [-0.2, 0) is 11.3 Å². The van der Waals surface area contributed by atoms with Gasteiger partial charge in [-0.2, -0.15) is 18.3 Å². The number of carbonyl (C=O) groups excluding carboxylic acids is 1. The first-order valence-electron chi connectivity index (χ1n) is 9.65. The van der Waals surface area contributed by atoms with Crippen molar-refractivity contribution in [3.8, 4) is 5.75 Å².